The summed E-state index contributed by atoms with van der Waals surface area (Å²) in [6.07, 6.45) is 13.5. The Balaban J connectivity index is 0.000000172. The summed E-state index contributed by atoms with van der Waals surface area (Å²) in [6, 6.07) is 48.8. The molecule has 0 N–H and O–H groups in total. The van der Waals surface area contributed by atoms with Gasteiger partial charge in [0.2, 0.25) is 5.71 Å². The standard InChI is InChI=1S/C31H27N2O.C24H28NSi.Ir/c1-2-5-23(6-3-1)28-14-13-26-25-7-4-8-27(30(25)34-31(26)33-28)29-19-21(15-16-32-29)18-24-17-20-9-11-22(24)12-10-20;1-18(2)14-22-16-23(25-17-24(22)26(3,4)5)21-13-9-12-20(15-21)19-10-7-6-8-11-19;/h1-7,13-16,19-20,22,24H,9-12,17-18H2;6-12,15-18H,14H2,1-5H3;/q2*-1;. The zero-order valence-corrected chi connectivity index (χ0v) is 39.4. The van der Waals surface area contributed by atoms with Gasteiger partial charge in [-0.05, 0) is 96.1 Å². The Morgan fingerprint density at radius 1 is 0.705 bits per heavy atom. The van der Waals surface area contributed by atoms with Crippen LogP contribution in [0.5, 0.6) is 0 Å². The van der Waals surface area contributed by atoms with E-state index in [1.165, 1.54) is 59.5 Å². The third-order valence-electron chi connectivity index (χ3n) is 12.8. The van der Waals surface area contributed by atoms with Crippen LogP contribution >= 0.6 is 0 Å². The molecule has 0 saturated heterocycles. The van der Waals surface area contributed by atoms with Crippen LogP contribution in [0, 0.1) is 35.8 Å². The topological polar surface area (TPSA) is 51.8 Å². The number of nitrogens with zero attached hydrogens (tertiary/aromatic N) is 3. The van der Waals surface area contributed by atoms with Crippen molar-refractivity contribution in [3.05, 3.63) is 157 Å². The second-order valence-corrected chi connectivity index (χ2v) is 23.6. The molecule has 3 aliphatic carbocycles. The fraction of sp³-hybridized carbons (Fsp3) is 0.291. The van der Waals surface area contributed by atoms with Crippen molar-refractivity contribution in [1.29, 1.82) is 0 Å². The van der Waals surface area contributed by atoms with Gasteiger partial charge in [-0.15, -0.1) is 53.6 Å². The summed E-state index contributed by atoms with van der Waals surface area (Å²) in [4.78, 5) is 14.4. The van der Waals surface area contributed by atoms with Crippen molar-refractivity contribution < 1.29 is 24.5 Å². The summed E-state index contributed by atoms with van der Waals surface area (Å²) in [5, 5.41) is 3.57. The van der Waals surface area contributed by atoms with Gasteiger partial charge in [0, 0.05) is 43.4 Å². The normalized spacial score (nSPS) is 17.2. The summed E-state index contributed by atoms with van der Waals surface area (Å²) in [7, 11) is -1.40. The molecule has 4 heterocycles. The van der Waals surface area contributed by atoms with Crippen LogP contribution in [-0.2, 0) is 32.9 Å². The van der Waals surface area contributed by atoms with Gasteiger partial charge in [0.1, 0.15) is 0 Å². The van der Waals surface area contributed by atoms with Crippen LogP contribution in [-0.4, -0.2) is 23.0 Å². The number of rotatable bonds is 9. The van der Waals surface area contributed by atoms with Crippen molar-refractivity contribution in [3.63, 3.8) is 0 Å². The number of furan rings is 1. The van der Waals surface area contributed by atoms with E-state index in [4.69, 9.17) is 19.4 Å². The predicted molar refractivity (Wildman–Crippen MR) is 252 cm³/mol. The van der Waals surface area contributed by atoms with Crippen molar-refractivity contribution >= 4 is 35.3 Å². The van der Waals surface area contributed by atoms with Gasteiger partial charge in [-0.1, -0.05) is 141 Å². The quantitative estimate of drug-likeness (QED) is 0.107. The molecule has 3 fully saturated rings. The summed E-state index contributed by atoms with van der Waals surface area (Å²) >= 11 is 0. The van der Waals surface area contributed by atoms with Crippen molar-refractivity contribution in [1.82, 2.24) is 15.0 Å². The number of hydrogen-bond donors (Lipinski definition) is 0. The van der Waals surface area contributed by atoms with Crippen molar-refractivity contribution in [2.45, 2.75) is 78.4 Å². The van der Waals surface area contributed by atoms with Gasteiger partial charge < -0.3 is 14.4 Å². The first kappa shape index (κ1) is 42.7. The predicted octanol–water partition coefficient (Wildman–Crippen LogP) is 13.8. The maximum atomic E-state index is 6.35. The van der Waals surface area contributed by atoms with Crippen LogP contribution in [0.4, 0.5) is 0 Å². The van der Waals surface area contributed by atoms with Gasteiger partial charge in [0.15, 0.2) is 0 Å². The maximum absolute atomic E-state index is 6.35. The third-order valence-corrected chi connectivity index (χ3v) is 14.8. The molecule has 0 amide bonds. The smallest absolute Gasteiger partial charge is 0.216 e. The van der Waals surface area contributed by atoms with E-state index < -0.39 is 8.07 Å². The minimum Gasteiger partial charge on any atom is -0.486 e. The van der Waals surface area contributed by atoms with E-state index in [0.717, 1.165) is 80.7 Å². The summed E-state index contributed by atoms with van der Waals surface area (Å²) < 4.78 is 6.35. The van der Waals surface area contributed by atoms with Gasteiger partial charge in [0.05, 0.1) is 19.4 Å². The Morgan fingerprint density at radius 2 is 1.44 bits per heavy atom. The SMILES string of the molecule is CC(C)Cc1cc(-c2[c-]ccc(-c3ccccc3)c2)ncc1[Si](C)(C)C.[Ir].[c-]1ccc2c(oc3nc(-c4ccccc4)ccc32)c1-c1cc(CC2CC3CCC2CC3)ccn1. The van der Waals surface area contributed by atoms with E-state index in [0.29, 0.717) is 11.6 Å². The van der Waals surface area contributed by atoms with Crippen LogP contribution < -0.4 is 5.19 Å². The van der Waals surface area contributed by atoms with E-state index >= 15 is 0 Å². The Bertz CT molecular complexity index is 2730. The molecule has 3 saturated carbocycles. The minimum atomic E-state index is -1.40. The molecular formula is C55H55IrN3OSi-2. The van der Waals surface area contributed by atoms with E-state index in [1.807, 2.05) is 42.6 Å². The number of pyridine rings is 3. The van der Waals surface area contributed by atoms with E-state index in [-0.39, 0.29) is 20.1 Å². The Labute approximate surface area is 376 Å². The molecule has 0 spiro atoms. The first-order valence-electron chi connectivity index (χ1n) is 22.0. The molecule has 4 aromatic heterocycles. The van der Waals surface area contributed by atoms with Gasteiger partial charge in [-0.2, -0.15) is 0 Å². The molecule has 11 rings (SSSR count). The molecule has 311 valence electrons. The van der Waals surface area contributed by atoms with Crippen LogP contribution in [0.2, 0.25) is 19.6 Å². The molecule has 1 atom stereocenters. The van der Waals surface area contributed by atoms with Crippen LogP contribution in [0.1, 0.15) is 57.1 Å². The fourth-order valence-electron chi connectivity index (χ4n) is 9.74. The van der Waals surface area contributed by atoms with Crippen molar-refractivity contribution in [2.24, 2.45) is 23.7 Å². The molecule has 8 aromatic rings. The van der Waals surface area contributed by atoms with Crippen LogP contribution in [0.15, 0.2) is 138 Å². The summed E-state index contributed by atoms with van der Waals surface area (Å²) in [6.45, 7) is 11.8. The summed E-state index contributed by atoms with van der Waals surface area (Å²) in [5.74, 6) is 3.34. The number of aromatic nitrogens is 3. The minimum absolute atomic E-state index is 0. The molecule has 1 radical (unpaired) electrons. The maximum Gasteiger partial charge on any atom is 0.216 e. The molecule has 6 heteroatoms. The second kappa shape index (κ2) is 18.5. The molecular weight excluding hydrogens is 939 g/mol. The Hall–Kier alpha value is -5.00. The second-order valence-electron chi connectivity index (χ2n) is 18.6. The molecule has 0 aliphatic heterocycles. The molecule has 2 bridgehead atoms. The van der Waals surface area contributed by atoms with Crippen LogP contribution in [0.25, 0.3) is 67.0 Å². The van der Waals surface area contributed by atoms with Gasteiger partial charge in [-0.3, -0.25) is 0 Å². The molecule has 4 nitrogen and oxygen atoms in total. The van der Waals surface area contributed by atoms with Gasteiger partial charge >= 0.3 is 0 Å². The average molecular weight is 994 g/mol. The molecule has 1 unspecified atom stereocenters. The van der Waals surface area contributed by atoms with Crippen LogP contribution in [0.3, 0.4) is 0 Å². The molecule has 61 heavy (non-hydrogen) atoms. The van der Waals surface area contributed by atoms with Crippen molar-refractivity contribution in [2.75, 3.05) is 0 Å². The van der Waals surface area contributed by atoms with Gasteiger partial charge in [-0.25, -0.2) is 4.98 Å². The zero-order chi connectivity index (χ0) is 41.2. The number of hydrogen-bond acceptors (Lipinski definition) is 4. The van der Waals surface area contributed by atoms with Crippen molar-refractivity contribution in [3.8, 4) is 44.9 Å². The number of benzene rings is 4. The molecule has 4 aromatic carbocycles. The Morgan fingerprint density at radius 3 is 2.15 bits per heavy atom. The van der Waals surface area contributed by atoms with E-state index in [1.54, 1.807) is 0 Å². The van der Waals surface area contributed by atoms with E-state index in [2.05, 4.69) is 137 Å². The summed E-state index contributed by atoms with van der Waals surface area (Å²) in [5.41, 5.74) is 12.7. The monoisotopic (exact) mass is 994 g/mol. The average Bonchev–Trinajstić information content (AvgIpc) is 3.65. The first-order valence-corrected chi connectivity index (χ1v) is 25.5. The number of fused-ring (bicyclic) bond motifs is 6. The zero-order valence-electron chi connectivity index (χ0n) is 36.0. The largest absolute Gasteiger partial charge is 0.486 e. The molecule has 3 aliphatic rings. The first-order chi connectivity index (χ1) is 29.2. The fourth-order valence-corrected chi connectivity index (χ4v) is 11.3. The Kier molecular flexibility index (Phi) is 13.0. The third kappa shape index (κ3) is 9.58. The van der Waals surface area contributed by atoms with Gasteiger partial charge in [0.25, 0.3) is 0 Å². The van der Waals surface area contributed by atoms with E-state index in [9.17, 15) is 0 Å².